The second kappa shape index (κ2) is 8.40. The van der Waals surface area contributed by atoms with Crippen LogP contribution in [0.1, 0.15) is 31.7 Å². The molecule has 0 bridgehead atoms. The molecule has 0 unspecified atom stereocenters. The van der Waals surface area contributed by atoms with Gasteiger partial charge in [-0.2, -0.15) is 10.1 Å². The van der Waals surface area contributed by atoms with E-state index in [0.29, 0.717) is 29.0 Å². The minimum Gasteiger partial charge on any atom is -0.383 e. The van der Waals surface area contributed by atoms with E-state index in [0.717, 1.165) is 55.5 Å². The molecular weight excluding hydrogens is 430 g/mol. The Balaban J connectivity index is 1.20. The Bertz CT molecular complexity index is 1320. The third-order valence-electron chi connectivity index (χ3n) is 6.62. The summed E-state index contributed by atoms with van der Waals surface area (Å²) in [6, 6.07) is 11.8. The number of carbonyl (C=O) groups is 1. The van der Waals surface area contributed by atoms with Crippen LogP contribution in [0.5, 0.6) is 0 Å². The fourth-order valence-corrected chi connectivity index (χ4v) is 4.47. The van der Waals surface area contributed by atoms with Gasteiger partial charge in [0, 0.05) is 48.1 Å². The SMILES string of the molecule is Nc1ncc(-c2cnn(C3CCN(C(=O)C4CC4)CC3)c2)cc1-c1nc(-c2ccccc2)no1. The van der Waals surface area contributed by atoms with E-state index in [9.17, 15) is 4.79 Å². The summed E-state index contributed by atoms with van der Waals surface area (Å²) in [7, 11) is 0. The van der Waals surface area contributed by atoms with E-state index in [4.69, 9.17) is 10.3 Å². The van der Waals surface area contributed by atoms with Gasteiger partial charge in [-0.25, -0.2) is 4.98 Å². The zero-order chi connectivity index (χ0) is 23.1. The molecule has 2 N–H and O–H groups in total. The molecule has 1 saturated carbocycles. The number of amides is 1. The normalized spacial score (nSPS) is 16.6. The molecule has 6 rings (SSSR count). The molecule has 34 heavy (non-hydrogen) atoms. The summed E-state index contributed by atoms with van der Waals surface area (Å²) in [5.41, 5.74) is 9.41. The molecule has 0 atom stereocenters. The van der Waals surface area contributed by atoms with E-state index in [1.165, 1.54) is 0 Å². The molecule has 3 aromatic heterocycles. The van der Waals surface area contributed by atoms with Crippen LogP contribution in [0.3, 0.4) is 0 Å². The second-order valence-corrected chi connectivity index (χ2v) is 8.99. The average Bonchev–Trinajstić information content (AvgIpc) is 3.40. The van der Waals surface area contributed by atoms with Crippen LogP contribution >= 0.6 is 0 Å². The molecular formula is C25H25N7O2. The Morgan fingerprint density at radius 2 is 1.79 bits per heavy atom. The quantitative estimate of drug-likeness (QED) is 0.486. The molecule has 1 saturated heterocycles. The van der Waals surface area contributed by atoms with Crippen LogP contribution < -0.4 is 5.73 Å². The Morgan fingerprint density at radius 1 is 1.00 bits per heavy atom. The van der Waals surface area contributed by atoms with Gasteiger partial charge in [0.25, 0.3) is 5.89 Å². The van der Waals surface area contributed by atoms with E-state index >= 15 is 0 Å². The number of likely N-dealkylation sites (tertiary alicyclic amines) is 1. The van der Waals surface area contributed by atoms with E-state index in [2.05, 4.69) is 20.2 Å². The minimum absolute atomic E-state index is 0.280. The first kappa shape index (κ1) is 20.6. The topological polar surface area (TPSA) is 116 Å². The van der Waals surface area contributed by atoms with Gasteiger partial charge in [-0.05, 0) is 31.7 Å². The molecule has 0 radical (unpaired) electrons. The molecule has 1 aliphatic carbocycles. The number of aromatic nitrogens is 5. The Labute approximate surface area is 196 Å². The molecule has 9 heteroatoms. The van der Waals surface area contributed by atoms with Crippen molar-refractivity contribution in [2.24, 2.45) is 5.92 Å². The van der Waals surface area contributed by atoms with Crippen LogP contribution in [0, 0.1) is 5.92 Å². The lowest BCUT2D eigenvalue weighted by atomic mass is 10.0. The number of hydrogen-bond donors (Lipinski definition) is 1. The largest absolute Gasteiger partial charge is 0.383 e. The predicted molar refractivity (Wildman–Crippen MR) is 126 cm³/mol. The molecule has 1 aliphatic heterocycles. The van der Waals surface area contributed by atoms with Gasteiger partial charge >= 0.3 is 0 Å². The highest BCUT2D eigenvalue weighted by molar-refractivity contribution is 5.81. The Kier molecular flexibility index (Phi) is 5.09. The van der Waals surface area contributed by atoms with Crippen molar-refractivity contribution in [2.45, 2.75) is 31.7 Å². The van der Waals surface area contributed by atoms with Crippen molar-refractivity contribution in [3.05, 3.63) is 55.0 Å². The number of nitrogens with zero attached hydrogens (tertiary/aromatic N) is 6. The van der Waals surface area contributed by atoms with Gasteiger partial charge in [0.2, 0.25) is 11.7 Å². The summed E-state index contributed by atoms with van der Waals surface area (Å²) in [5.74, 6) is 1.76. The number of hydrogen-bond acceptors (Lipinski definition) is 7. The van der Waals surface area contributed by atoms with Gasteiger partial charge in [0.15, 0.2) is 0 Å². The van der Waals surface area contributed by atoms with Crippen LogP contribution in [0.15, 0.2) is 59.5 Å². The fraction of sp³-hybridized carbons (Fsp3) is 0.320. The number of nitrogen functional groups attached to an aromatic ring is 1. The van der Waals surface area contributed by atoms with Gasteiger partial charge in [0.1, 0.15) is 5.82 Å². The third-order valence-corrected chi connectivity index (χ3v) is 6.62. The standard InChI is InChI=1S/C25H25N7O2/c26-22-21(24-29-23(30-34-24)16-4-2-1-3-5-16)12-18(13-27-22)19-14-28-32(15-19)20-8-10-31(11-9-20)25(33)17-6-7-17/h1-5,12-15,17,20H,6-11H2,(H2,26,27). The van der Waals surface area contributed by atoms with Crippen LogP contribution in [-0.4, -0.2) is 48.8 Å². The van der Waals surface area contributed by atoms with Crippen molar-refractivity contribution >= 4 is 11.7 Å². The second-order valence-electron chi connectivity index (χ2n) is 8.99. The van der Waals surface area contributed by atoms with Gasteiger partial charge in [-0.1, -0.05) is 35.5 Å². The van der Waals surface area contributed by atoms with Crippen LogP contribution in [-0.2, 0) is 4.79 Å². The monoisotopic (exact) mass is 455 g/mol. The van der Waals surface area contributed by atoms with Crippen LogP contribution in [0.2, 0.25) is 0 Å². The fourth-order valence-electron chi connectivity index (χ4n) is 4.47. The highest BCUT2D eigenvalue weighted by Gasteiger charge is 2.35. The van der Waals surface area contributed by atoms with Crippen LogP contribution in [0.25, 0.3) is 34.0 Å². The van der Waals surface area contributed by atoms with Crippen molar-refractivity contribution in [3.63, 3.8) is 0 Å². The molecule has 2 aliphatic rings. The van der Waals surface area contributed by atoms with Crippen molar-refractivity contribution in [1.82, 2.24) is 29.8 Å². The smallest absolute Gasteiger partial charge is 0.262 e. The molecule has 1 aromatic carbocycles. The van der Waals surface area contributed by atoms with Gasteiger partial charge < -0.3 is 15.2 Å². The van der Waals surface area contributed by atoms with E-state index in [1.807, 2.05) is 58.4 Å². The van der Waals surface area contributed by atoms with Gasteiger partial charge in [-0.15, -0.1) is 0 Å². The highest BCUT2D eigenvalue weighted by atomic mass is 16.5. The first-order chi connectivity index (χ1) is 16.7. The highest BCUT2D eigenvalue weighted by Crippen LogP contribution is 2.34. The third kappa shape index (κ3) is 3.93. The van der Waals surface area contributed by atoms with Crippen LogP contribution in [0.4, 0.5) is 5.82 Å². The predicted octanol–water partition coefficient (Wildman–Crippen LogP) is 3.82. The summed E-state index contributed by atoms with van der Waals surface area (Å²) < 4.78 is 7.50. The van der Waals surface area contributed by atoms with E-state index in [1.54, 1.807) is 6.20 Å². The maximum absolute atomic E-state index is 12.3. The first-order valence-corrected chi connectivity index (χ1v) is 11.6. The molecule has 172 valence electrons. The number of rotatable bonds is 5. The van der Waals surface area contributed by atoms with Gasteiger partial charge in [0.05, 0.1) is 17.8 Å². The van der Waals surface area contributed by atoms with E-state index < -0.39 is 0 Å². The number of pyridine rings is 1. The lowest BCUT2D eigenvalue weighted by Gasteiger charge is -2.32. The first-order valence-electron chi connectivity index (χ1n) is 11.6. The lowest BCUT2D eigenvalue weighted by Crippen LogP contribution is -2.39. The number of anilines is 1. The molecule has 1 amide bonds. The maximum Gasteiger partial charge on any atom is 0.262 e. The van der Waals surface area contributed by atoms with Crippen molar-refractivity contribution < 1.29 is 9.32 Å². The Hall–Kier alpha value is -4.01. The number of carbonyl (C=O) groups excluding carboxylic acids is 1. The summed E-state index contributed by atoms with van der Waals surface area (Å²) in [6.07, 6.45) is 9.52. The molecule has 4 aromatic rings. The molecule has 9 nitrogen and oxygen atoms in total. The number of benzene rings is 1. The summed E-state index contributed by atoms with van der Waals surface area (Å²) in [4.78, 5) is 23.2. The van der Waals surface area contributed by atoms with Crippen molar-refractivity contribution in [1.29, 1.82) is 0 Å². The summed E-state index contributed by atoms with van der Waals surface area (Å²) in [6.45, 7) is 1.59. The van der Waals surface area contributed by atoms with Gasteiger partial charge in [-0.3, -0.25) is 9.48 Å². The average molecular weight is 456 g/mol. The zero-order valence-electron chi connectivity index (χ0n) is 18.7. The van der Waals surface area contributed by atoms with E-state index in [-0.39, 0.29) is 12.0 Å². The molecule has 4 heterocycles. The van der Waals surface area contributed by atoms with Crippen molar-refractivity contribution in [2.75, 3.05) is 18.8 Å². The number of nitrogens with two attached hydrogens (primary N) is 1. The lowest BCUT2D eigenvalue weighted by molar-refractivity contribution is -0.133. The zero-order valence-corrected chi connectivity index (χ0v) is 18.7. The maximum atomic E-state index is 12.3. The molecule has 0 spiro atoms. The molecule has 2 fully saturated rings. The number of piperidine rings is 1. The minimum atomic E-state index is 0.280. The summed E-state index contributed by atoms with van der Waals surface area (Å²) >= 11 is 0. The van der Waals surface area contributed by atoms with Crippen molar-refractivity contribution in [3.8, 4) is 34.0 Å². The Morgan fingerprint density at radius 3 is 2.56 bits per heavy atom. The summed E-state index contributed by atoms with van der Waals surface area (Å²) in [5, 5.41) is 8.70.